The number of ether oxygens (including phenoxy) is 1. The van der Waals surface area contributed by atoms with Crippen LogP contribution in [0.3, 0.4) is 0 Å². The van der Waals surface area contributed by atoms with Gasteiger partial charge in [0.15, 0.2) is 0 Å². The smallest absolute Gasteiger partial charge is 0.251 e. The normalized spacial score (nSPS) is 15.0. The molecule has 0 bridgehead atoms. The van der Waals surface area contributed by atoms with Gasteiger partial charge in [0.05, 0.1) is 24.5 Å². The van der Waals surface area contributed by atoms with Crippen LogP contribution in [0.1, 0.15) is 23.2 Å². The third-order valence-electron chi connectivity index (χ3n) is 5.26. The van der Waals surface area contributed by atoms with Gasteiger partial charge in [0.1, 0.15) is 0 Å². The van der Waals surface area contributed by atoms with Gasteiger partial charge < -0.3 is 19.5 Å². The molecular formula is C20H24N6O2. The van der Waals surface area contributed by atoms with Crippen molar-refractivity contribution in [3.05, 3.63) is 42.4 Å². The van der Waals surface area contributed by atoms with Crippen molar-refractivity contribution in [2.24, 2.45) is 13.0 Å². The molecule has 2 aromatic heterocycles. The largest absolute Gasteiger partial charge is 0.481 e. The second kappa shape index (κ2) is 7.84. The van der Waals surface area contributed by atoms with Crippen molar-refractivity contribution in [1.29, 1.82) is 0 Å². The summed E-state index contributed by atoms with van der Waals surface area (Å²) in [5, 5.41) is 3.07. The summed E-state index contributed by atoms with van der Waals surface area (Å²) in [4.78, 5) is 27.7. The summed E-state index contributed by atoms with van der Waals surface area (Å²) in [5.41, 5.74) is 2.50. The van der Waals surface area contributed by atoms with Gasteiger partial charge >= 0.3 is 0 Å². The molecule has 1 saturated heterocycles. The summed E-state index contributed by atoms with van der Waals surface area (Å²) in [6.07, 6.45) is 5.44. The van der Waals surface area contributed by atoms with Gasteiger partial charge in [-0.15, -0.1) is 0 Å². The van der Waals surface area contributed by atoms with E-state index < -0.39 is 0 Å². The van der Waals surface area contributed by atoms with Gasteiger partial charge in [0, 0.05) is 44.5 Å². The molecule has 1 amide bonds. The van der Waals surface area contributed by atoms with E-state index in [0.717, 1.165) is 37.0 Å². The monoisotopic (exact) mass is 380 g/mol. The quantitative estimate of drug-likeness (QED) is 0.729. The minimum atomic E-state index is -0.0499. The van der Waals surface area contributed by atoms with Crippen LogP contribution in [0, 0.1) is 5.92 Å². The molecule has 0 saturated carbocycles. The van der Waals surface area contributed by atoms with Crippen LogP contribution in [0.2, 0.25) is 0 Å². The van der Waals surface area contributed by atoms with Crippen LogP contribution in [-0.4, -0.2) is 52.2 Å². The molecule has 3 heterocycles. The lowest BCUT2D eigenvalue weighted by molar-refractivity contribution is 0.0945. The Kier molecular flexibility index (Phi) is 5.10. The summed E-state index contributed by atoms with van der Waals surface area (Å²) in [7, 11) is 3.55. The maximum atomic E-state index is 12.5. The Morgan fingerprint density at radius 1 is 1.25 bits per heavy atom. The minimum absolute atomic E-state index is 0.0499. The highest BCUT2D eigenvalue weighted by Crippen LogP contribution is 2.21. The van der Waals surface area contributed by atoms with E-state index in [4.69, 9.17) is 4.74 Å². The Labute approximate surface area is 163 Å². The first-order chi connectivity index (χ1) is 13.6. The predicted octanol–water partition coefficient (Wildman–Crippen LogP) is 2.02. The number of hydrogen-bond acceptors (Lipinski definition) is 6. The number of carbonyl (C=O) groups excluding carboxylic acids is 1. The Morgan fingerprint density at radius 3 is 2.86 bits per heavy atom. The number of imidazole rings is 1. The fraction of sp³-hybridized carbons (Fsp3) is 0.400. The number of benzene rings is 1. The van der Waals surface area contributed by atoms with Crippen molar-refractivity contribution in [2.75, 3.05) is 31.6 Å². The van der Waals surface area contributed by atoms with E-state index in [-0.39, 0.29) is 5.91 Å². The molecular weight excluding hydrogens is 356 g/mol. The maximum Gasteiger partial charge on any atom is 0.251 e. The number of rotatable bonds is 5. The fourth-order valence-electron chi connectivity index (χ4n) is 3.55. The molecule has 1 aliphatic rings. The Bertz CT molecular complexity index is 978. The lowest BCUT2D eigenvalue weighted by Gasteiger charge is -2.32. The topological polar surface area (TPSA) is 85.2 Å². The van der Waals surface area contributed by atoms with Crippen LogP contribution in [0.25, 0.3) is 11.0 Å². The zero-order valence-corrected chi connectivity index (χ0v) is 16.1. The first kappa shape index (κ1) is 18.2. The van der Waals surface area contributed by atoms with Crippen molar-refractivity contribution in [3.63, 3.8) is 0 Å². The molecule has 1 fully saturated rings. The number of hydrogen-bond donors (Lipinski definition) is 1. The molecule has 146 valence electrons. The van der Waals surface area contributed by atoms with Gasteiger partial charge in [-0.25, -0.2) is 9.97 Å². The zero-order chi connectivity index (χ0) is 19.5. The van der Waals surface area contributed by atoms with E-state index >= 15 is 0 Å². The first-order valence-corrected chi connectivity index (χ1v) is 9.45. The number of piperidine rings is 1. The number of methoxy groups -OCH3 is 1. The van der Waals surface area contributed by atoms with Gasteiger partial charge in [-0.05, 0) is 37.0 Å². The molecule has 8 heteroatoms. The van der Waals surface area contributed by atoms with Gasteiger partial charge in [0.2, 0.25) is 11.8 Å². The van der Waals surface area contributed by atoms with E-state index in [2.05, 4.69) is 25.2 Å². The Balaban J connectivity index is 1.30. The van der Waals surface area contributed by atoms with Crippen LogP contribution in [0.5, 0.6) is 5.88 Å². The summed E-state index contributed by atoms with van der Waals surface area (Å²) >= 11 is 0. The van der Waals surface area contributed by atoms with Crippen molar-refractivity contribution >= 4 is 22.9 Å². The third-order valence-corrected chi connectivity index (χ3v) is 5.26. The van der Waals surface area contributed by atoms with Gasteiger partial charge in [-0.1, -0.05) is 0 Å². The molecule has 28 heavy (non-hydrogen) atoms. The molecule has 1 aliphatic heterocycles. The summed E-state index contributed by atoms with van der Waals surface area (Å²) in [6.45, 7) is 2.41. The number of nitrogens with zero attached hydrogens (tertiary/aromatic N) is 5. The SMILES string of the molecule is COc1ccnc(N2CCC(CNC(=O)c3ccc4c(c3)ncn4C)CC2)n1. The molecule has 4 rings (SSSR count). The number of carbonyl (C=O) groups is 1. The molecule has 1 aromatic carbocycles. The summed E-state index contributed by atoms with van der Waals surface area (Å²) < 4.78 is 7.11. The van der Waals surface area contributed by atoms with E-state index in [1.807, 2.05) is 29.8 Å². The van der Waals surface area contributed by atoms with Crippen molar-refractivity contribution in [1.82, 2.24) is 24.8 Å². The highest BCUT2D eigenvalue weighted by molar-refractivity contribution is 5.97. The second-order valence-corrected chi connectivity index (χ2v) is 7.10. The fourth-order valence-corrected chi connectivity index (χ4v) is 3.55. The molecule has 0 radical (unpaired) electrons. The number of anilines is 1. The number of fused-ring (bicyclic) bond motifs is 1. The van der Waals surface area contributed by atoms with Crippen molar-refractivity contribution in [2.45, 2.75) is 12.8 Å². The summed E-state index contributed by atoms with van der Waals surface area (Å²) in [6, 6.07) is 7.37. The van der Waals surface area contributed by atoms with Crippen LogP contribution in [0.15, 0.2) is 36.8 Å². The van der Waals surface area contributed by atoms with Crippen molar-refractivity contribution in [3.8, 4) is 5.88 Å². The standard InChI is InChI=1S/C20H24N6O2/c1-25-13-23-16-11-15(3-4-17(16)25)19(27)22-12-14-6-9-26(10-7-14)20-21-8-5-18(24-20)28-2/h3-5,8,11,13-14H,6-7,9-10,12H2,1-2H3,(H,22,27). The van der Waals surface area contributed by atoms with Gasteiger partial charge in [0.25, 0.3) is 5.91 Å². The van der Waals surface area contributed by atoms with E-state index in [9.17, 15) is 4.79 Å². The molecule has 0 atom stereocenters. The third kappa shape index (κ3) is 3.76. The van der Waals surface area contributed by atoms with Crippen molar-refractivity contribution < 1.29 is 9.53 Å². The Morgan fingerprint density at radius 2 is 2.07 bits per heavy atom. The van der Waals surface area contributed by atoms with Crippen LogP contribution in [0.4, 0.5) is 5.95 Å². The molecule has 8 nitrogen and oxygen atoms in total. The van der Waals surface area contributed by atoms with Crippen LogP contribution < -0.4 is 15.0 Å². The Hall–Kier alpha value is -3.16. The van der Waals surface area contributed by atoms with Crippen LogP contribution in [-0.2, 0) is 7.05 Å². The van der Waals surface area contributed by atoms with E-state index in [1.54, 1.807) is 25.7 Å². The summed E-state index contributed by atoms with van der Waals surface area (Å²) in [5.74, 6) is 1.67. The molecule has 1 N–H and O–H groups in total. The number of nitrogens with one attached hydrogen (secondary N) is 1. The maximum absolute atomic E-state index is 12.5. The number of aryl methyl sites for hydroxylation is 1. The highest BCUT2D eigenvalue weighted by Gasteiger charge is 2.22. The molecule has 0 unspecified atom stereocenters. The van der Waals surface area contributed by atoms with E-state index in [1.165, 1.54) is 0 Å². The average Bonchev–Trinajstić information content (AvgIpc) is 3.12. The molecule has 0 aliphatic carbocycles. The number of amides is 1. The lowest BCUT2D eigenvalue weighted by Crippen LogP contribution is -2.39. The zero-order valence-electron chi connectivity index (χ0n) is 16.1. The first-order valence-electron chi connectivity index (χ1n) is 9.45. The van der Waals surface area contributed by atoms with Gasteiger partial charge in [-0.2, -0.15) is 4.98 Å². The van der Waals surface area contributed by atoms with E-state index in [0.29, 0.717) is 29.9 Å². The predicted molar refractivity (Wildman–Crippen MR) is 107 cm³/mol. The second-order valence-electron chi connectivity index (χ2n) is 7.10. The van der Waals surface area contributed by atoms with Crippen LogP contribution >= 0.6 is 0 Å². The lowest BCUT2D eigenvalue weighted by atomic mass is 9.97. The van der Waals surface area contributed by atoms with Gasteiger partial charge in [-0.3, -0.25) is 4.79 Å². The molecule has 0 spiro atoms. The average molecular weight is 380 g/mol. The minimum Gasteiger partial charge on any atom is -0.481 e. The highest BCUT2D eigenvalue weighted by atomic mass is 16.5. The molecule has 3 aromatic rings. The number of aromatic nitrogens is 4.